The summed E-state index contributed by atoms with van der Waals surface area (Å²) in [7, 11) is 0. The zero-order valence-corrected chi connectivity index (χ0v) is 14.1. The van der Waals surface area contributed by atoms with E-state index < -0.39 is 5.91 Å². The molecule has 0 aliphatic carbocycles. The van der Waals surface area contributed by atoms with Crippen LogP contribution >= 0.6 is 0 Å². The first-order valence-corrected chi connectivity index (χ1v) is 8.20. The minimum atomic E-state index is -0.485. The third-order valence-electron chi connectivity index (χ3n) is 4.44. The number of fused-ring (bicyclic) bond motifs is 1. The van der Waals surface area contributed by atoms with Crippen LogP contribution in [-0.4, -0.2) is 20.3 Å². The smallest absolute Gasteiger partial charge is 0.296 e. The van der Waals surface area contributed by atoms with E-state index >= 15 is 0 Å². The highest BCUT2D eigenvalue weighted by molar-refractivity contribution is 6.01. The molecule has 0 amide bonds. The van der Waals surface area contributed by atoms with Gasteiger partial charge in [0.05, 0.1) is 12.7 Å². The number of benzene rings is 2. The van der Waals surface area contributed by atoms with Crippen molar-refractivity contribution in [2.24, 2.45) is 0 Å². The molecule has 0 spiro atoms. The van der Waals surface area contributed by atoms with Crippen LogP contribution in [0.15, 0.2) is 60.8 Å². The van der Waals surface area contributed by atoms with Crippen molar-refractivity contribution >= 4 is 22.6 Å². The van der Waals surface area contributed by atoms with Gasteiger partial charge in [-0.1, -0.05) is 36.4 Å². The molecular formula is C20H14FN5O. The molecule has 0 saturated heterocycles. The molecule has 27 heavy (non-hydrogen) atoms. The molecule has 6 nitrogen and oxygen atoms in total. The zero-order chi connectivity index (χ0) is 19.0. The van der Waals surface area contributed by atoms with Crippen molar-refractivity contribution in [2.75, 3.05) is 5.73 Å². The van der Waals surface area contributed by atoms with Crippen LogP contribution in [0.3, 0.4) is 0 Å². The number of nitrogen functional groups attached to an aromatic ring is 1. The lowest BCUT2D eigenvalue weighted by Crippen LogP contribution is -2.20. The average molecular weight is 359 g/mol. The van der Waals surface area contributed by atoms with E-state index in [2.05, 4.69) is 5.10 Å². The maximum atomic E-state index is 14.2. The number of nitrogens with zero attached hydrogens (tertiary/aromatic N) is 4. The van der Waals surface area contributed by atoms with Crippen LogP contribution in [0.5, 0.6) is 0 Å². The molecule has 0 radical (unpaired) electrons. The molecule has 0 aliphatic rings. The van der Waals surface area contributed by atoms with E-state index in [1.807, 2.05) is 30.3 Å². The Morgan fingerprint density at radius 2 is 1.93 bits per heavy atom. The maximum Gasteiger partial charge on any atom is 0.296 e. The summed E-state index contributed by atoms with van der Waals surface area (Å²) in [6, 6.07) is 17.5. The van der Waals surface area contributed by atoms with Gasteiger partial charge in [0.15, 0.2) is 0 Å². The molecule has 0 saturated carbocycles. The van der Waals surface area contributed by atoms with Gasteiger partial charge in [-0.25, -0.2) is 4.39 Å². The summed E-state index contributed by atoms with van der Waals surface area (Å²) in [6.45, 7) is 0.174. The van der Waals surface area contributed by atoms with Gasteiger partial charge in [-0.2, -0.15) is 15.0 Å². The first-order chi connectivity index (χ1) is 13.1. The number of para-hydroxylation sites is 1. The number of rotatable bonds is 3. The number of halogens is 1. The van der Waals surface area contributed by atoms with Crippen molar-refractivity contribution in [3.63, 3.8) is 0 Å². The van der Waals surface area contributed by atoms with Crippen LogP contribution in [0.4, 0.5) is 10.2 Å². The molecule has 4 rings (SSSR count). The number of carbonyl (C=O) groups excluding carboxylic acids is 1. The van der Waals surface area contributed by atoms with E-state index in [4.69, 9.17) is 11.0 Å². The Labute approximate surface area is 153 Å². The maximum absolute atomic E-state index is 14.2. The third-order valence-corrected chi connectivity index (χ3v) is 4.44. The summed E-state index contributed by atoms with van der Waals surface area (Å²) in [5.41, 5.74) is 7.54. The molecule has 0 unspecified atom stereocenters. The number of nitriles is 1. The molecular weight excluding hydrogens is 345 g/mol. The molecule has 0 fully saturated rings. The summed E-state index contributed by atoms with van der Waals surface area (Å²) in [6.07, 6.45) is 1.25. The summed E-state index contributed by atoms with van der Waals surface area (Å²) in [5.74, 6) is -0.856. The van der Waals surface area contributed by atoms with E-state index in [0.717, 1.165) is 15.6 Å². The highest BCUT2D eigenvalue weighted by atomic mass is 19.1. The van der Waals surface area contributed by atoms with Gasteiger partial charge in [-0.05, 0) is 18.2 Å². The second-order valence-electron chi connectivity index (χ2n) is 6.04. The van der Waals surface area contributed by atoms with Gasteiger partial charge in [-0.15, -0.1) is 0 Å². The van der Waals surface area contributed by atoms with Crippen molar-refractivity contribution in [1.82, 2.24) is 14.3 Å². The van der Waals surface area contributed by atoms with Crippen LogP contribution in [-0.2, 0) is 6.54 Å². The lowest BCUT2D eigenvalue weighted by molar-refractivity contribution is 0.0939. The predicted octanol–water partition coefficient (Wildman–Crippen LogP) is 3.17. The molecule has 7 heteroatoms. The Morgan fingerprint density at radius 1 is 1.19 bits per heavy atom. The Hall–Kier alpha value is -3.92. The molecule has 2 aromatic heterocycles. The predicted molar refractivity (Wildman–Crippen MR) is 98.5 cm³/mol. The minimum Gasteiger partial charge on any atom is -0.382 e. The van der Waals surface area contributed by atoms with Crippen LogP contribution in [0.25, 0.3) is 10.9 Å². The third kappa shape index (κ3) is 2.73. The highest BCUT2D eigenvalue weighted by Gasteiger charge is 2.21. The van der Waals surface area contributed by atoms with E-state index in [0.29, 0.717) is 11.3 Å². The molecule has 132 valence electrons. The fraction of sp³-hybridized carbons (Fsp3) is 0.0500. The van der Waals surface area contributed by atoms with Crippen molar-refractivity contribution in [2.45, 2.75) is 6.54 Å². The first-order valence-electron chi connectivity index (χ1n) is 8.20. The normalized spacial score (nSPS) is 10.8. The highest BCUT2D eigenvalue weighted by Crippen LogP contribution is 2.24. The van der Waals surface area contributed by atoms with Gasteiger partial charge < -0.3 is 10.3 Å². The Kier molecular flexibility index (Phi) is 3.94. The number of nitrogens with two attached hydrogens (primary N) is 1. The average Bonchev–Trinajstić information content (AvgIpc) is 3.24. The van der Waals surface area contributed by atoms with Gasteiger partial charge in [0, 0.05) is 16.5 Å². The van der Waals surface area contributed by atoms with Gasteiger partial charge in [0.1, 0.15) is 29.0 Å². The van der Waals surface area contributed by atoms with Gasteiger partial charge in [0.2, 0.25) is 0 Å². The van der Waals surface area contributed by atoms with E-state index in [-0.39, 0.29) is 23.7 Å². The van der Waals surface area contributed by atoms with Crippen molar-refractivity contribution in [3.8, 4) is 6.07 Å². The first kappa shape index (κ1) is 16.5. The number of hydrogen-bond donors (Lipinski definition) is 1. The lowest BCUT2D eigenvalue weighted by Gasteiger charge is -2.11. The molecule has 2 heterocycles. The van der Waals surface area contributed by atoms with Crippen LogP contribution in [0.2, 0.25) is 0 Å². The monoisotopic (exact) mass is 359 g/mol. The Bertz CT molecular complexity index is 1210. The fourth-order valence-corrected chi connectivity index (χ4v) is 3.07. The SMILES string of the molecule is N#Cc1cnn(C(=O)c2cc3ccccc3n2Cc2ccccc2F)c1N. The van der Waals surface area contributed by atoms with E-state index in [1.54, 1.807) is 28.8 Å². The quantitative estimate of drug-likeness (QED) is 0.608. The molecule has 4 aromatic rings. The van der Waals surface area contributed by atoms with Gasteiger partial charge in [-0.3, -0.25) is 4.79 Å². The van der Waals surface area contributed by atoms with Gasteiger partial charge in [0.25, 0.3) is 5.91 Å². The number of carbonyl (C=O) groups is 1. The fourth-order valence-electron chi connectivity index (χ4n) is 3.07. The van der Waals surface area contributed by atoms with Crippen LogP contribution in [0, 0.1) is 17.1 Å². The van der Waals surface area contributed by atoms with Gasteiger partial charge >= 0.3 is 0 Å². The molecule has 0 aliphatic heterocycles. The second kappa shape index (κ2) is 6.42. The molecule has 0 atom stereocenters. The summed E-state index contributed by atoms with van der Waals surface area (Å²) in [5, 5.41) is 13.8. The zero-order valence-electron chi connectivity index (χ0n) is 14.1. The largest absolute Gasteiger partial charge is 0.382 e. The van der Waals surface area contributed by atoms with Crippen molar-refractivity contribution < 1.29 is 9.18 Å². The Balaban J connectivity index is 1.88. The van der Waals surface area contributed by atoms with E-state index in [9.17, 15) is 9.18 Å². The summed E-state index contributed by atoms with van der Waals surface area (Å²) in [4.78, 5) is 13.1. The molecule has 2 N–H and O–H groups in total. The number of anilines is 1. The summed E-state index contributed by atoms with van der Waals surface area (Å²) >= 11 is 0. The lowest BCUT2D eigenvalue weighted by atomic mass is 10.2. The second-order valence-corrected chi connectivity index (χ2v) is 6.04. The number of hydrogen-bond acceptors (Lipinski definition) is 4. The van der Waals surface area contributed by atoms with Crippen molar-refractivity contribution in [3.05, 3.63) is 83.4 Å². The molecule has 2 aromatic carbocycles. The standard InChI is InChI=1S/C20H14FN5O/c21-16-7-3-1-6-14(16)12-25-17-8-4-2-5-13(17)9-18(25)20(27)26-19(23)15(10-22)11-24-26/h1-9,11H,12,23H2. The minimum absolute atomic E-state index is 0.0230. The van der Waals surface area contributed by atoms with Crippen molar-refractivity contribution in [1.29, 1.82) is 5.26 Å². The van der Waals surface area contributed by atoms with Crippen LogP contribution in [0.1, 0.15) is 21.6 Å². The topological polar surface area (TPSA) is 89.6 Å². The Morgan fingerprint density at radius 3 is 2.67 bits per heavy atom. The summed E-state index contributed by atoms with van der Waals surface area (Å²) < 4.78 is 16.9. The number of aromatic nitrogens is 3. The molecule has 0 bridgehead atoms. The van der Waals surface area contributed by atoms with Crippen LogP contribution < -0.4 is 5.73 Å². The van der Waals surface area contributed by atoms with E-state index in [1.165, 1.54) is 12.3 Å².